The largest absolute Gasteiger partial charge is 0.486 e. The van der Waals surface area contributed by atoms with Gasteiger partial charge in [0.2, 0.25) is 5.88 Å². The summed E-state index contributed by atoms with van der Waals surface area (Å²) in [5, 5.41) is 4.03. The minimum atomic E-state index is -0.373. The Bertz CT molecular complexity index is 1780. The Kier molecular flexibility index (Phi) is 11.0. The number of aromatic nitrogens is 2. The molecular formula is C35H38Cl3N7O3. The van der Waals surface area contributed by atoms with Crippen molar-refractivity contribution >= 4 is 46.4 Å². The first kappa shape index (κ1) is 34.4. The maximum absolute atomic E-state index is 13.1. The number of carbonyl (C=O) groups is 1. The molecule has 252 valence electrons. The summed E-state index contributed by atoms with van der Waals surface area (Å²) < 4.78 is 11.7. The predicted octanol–water partition coefficient (Wildman–Crippen LogP) is 6.01. The molecule has 0 aliphatic carbocycles. The highest BCUT2D eigenvalue weighted by molar-refractivity contribution is 6.39. The zero-order valence-electron chi connectivity index (χ0n) is 26.6. The van der Waals surface area contributed by atoms with Crippen LogP contribution >= 0.6 is 34.8 Å². The molecule has 2 atom stereocenters. The minimum Gasteiger partial charge on any atom is -0.486 e. The highest BCUT2D eigenvalue weighted by atomic mass is 35.5. The van der Waals surface area contributed by atoms with Crippen LogP contribution in [0.15, 0.2) is 60.8 Å². The maximum atomic E-state index is 13.1. The lowest BCUT2D eigenvalue weighted by molar-refractivity contribution is 0.102. The number of nitrogens with two attached hydrogens (primary N) is 2. The third kappa shape index (κ3) is 8.03. The van der Waals surface area contributed by atoms with E-state index in [1.165, 1.54) is 0 Å². The zero-order chi connectivity index (χ0) is 33.8. The summed E-state index contributed by atoms with van der Waals surface area (Å²) in [5.41, 5.74) is 16.5. The summed E-state index contributed by atoms with van der Waals surface area (Å²) in [7, 11) is 1.58. The number of nitrogens with one attached hydrogen (secondary N) is 1. The Balaban J connectivity index is 1.13. The van der Waals surface area contributed by atoms with Crippen molar-refractivity contribution in [1.82, 2.24) is 19.8 Å². The quantitative estimate of drug-likeness (QED) is 0.171. The van der Waals surface area contributed by atoms with Gasteiger partial charge in [-0.05, 0) is 42.7 Å². The molecule has 10 nitrogen and oxygen atoms in total. The van der Waals surface area contributed by atoms with E-state index >= 15 is 0 Å². The van der Waals surface area contributed by atoms with Gasteiger partial charge in [0.15, 0.2) is 0 Å². The van der Waals surface area contributed by atoms with Crippen molar-refractivity contribution in [2.45, 2.75) is 44.6 Å². The van der Waals surface area contributed by atoms with Gasteiger partial charge in [-0.2, -0.15) is 0 Å². The molecule has 0 unspecified atom stereocenters. The van der Waals surface area contributed by atoms with Gasteiger partial charge in [0.05, 0.1) is 27.9 Å². The number of anilines is 1. The lowest BCUT2D eigenvalue weighted by Crippen LogP contribution is -2.26. The number of methoxy groups -OCH3 is 1. The predicted molar refractivity (Wildman–Crippen MR) is 190 cm³/mol. The molecule has 0 spiro atoms. The van der Waals surface area contributed by atoms with E-state index in [2.05, 4.69) is 25.1 Å². The first-order chi connectivity index (χ1) is 23.2. The zero-order valence-corrected chi connectivity index (χ0v) is 28.9. The monoisotopic (exact) mass is 709 g/mol. The normalized spacial score (nSPS) is 18.3. The third-order valence-corrected chi connectivity index (χ3v) is 9.75. The summed E-state index contributed by atoms with van der Waals surface area (Å²) in [4.78, 5) is 26.7. The Labute approximate surface area is 295 Å². The highest BCUT2D eigenvalue weighted by Gasteiger charge is 2.23. The Hall–Kier alpha value is -3.48. The van der Waals surface area contributed by atoms with E-state index in [-0.39, 0.29) is 30.3 Å². The van der Waals surface area contributed by atoms with Gasteiger partial charge in [-0.25, -0.2) is 4.98 Å². The Morgan fingerprint density at radius 2 is 1.62 bits per heavy atom. The van der Waals surface area contributed by atoms with Crippen LogP contribution in [0.5, 0.6) is 11.6 Å². The van der Waals surface area contributed by atoms with Crippen molar-refractivity contribution in [1.29, 1.82) is 0 Å². The summed E-state index contributed by atoms with van der Waals surface area (Å²) in [5.74, 6) is 0.538. The molecule has 2 aromatic carbocycles. The number of carbonyl (C=O) groups excluding carboxylic acids is 1. The molecule has 2 aliphatic heterocycles. The van der Waals surface area contributed by atoms with Gasteiger partial charge >= 0.3 is 0 Å². The molecule has 4 heterocycles. The van der Waals surface area contributed by atoms with Gasteiger partial charge in [-0.15, -0.1) is 0 Å². The number of hydrogen-bond donors (Lipinski definition) is 3. The minimum absolute atomic E-state index is 0.0639. The molecule has 2 aliphatic rings. The standard InChI is InChI=1S/C35H38Cl3N7O3/c1-47-35-22(17-45-13-11-24(40)19-45)14-27(36)30(43-35)20-48-31-7-3-5-26(33(31)38)25-4-2-6-28(32(25)37)42-34(46)29-9-8-21(15-41-29)16-44-12-10-23(39)18-44/h2-9,14-15,23-24H,10-13,16-20,39-40H2,1H3,(H,42,46)/t23-,24-/m1/s1. The smallest absolute Gasteiger partial charge is 0.274 e. The Morgan fingerprint density at radius 1 is 0.938 bits per heavy atom. The number of ether oxygens (including phenoxy) is 2. The van der Waals surface area contributed by atoms with Crippen molar-refractivity contribution < 1.29 is 14.3 Å². The third-order valence-electron chi connectivity index (χ3n) is 8.62. The van der Waals surface area contributed by atoms with Crippen LogP contribution in [0.1, 0.15) is 40.2 Å². The van der Waals surface area contributed by atoms with Gasteiger partial charge in [0.25, 0.3) is 5.91 Å². The highest BCUT2D eigenvalue weighted by Crippen LogP contribution is 2.41. The average Bonchev–Trinajstić information content (AvgIpc) is 3.69. The van der Waals surface area contributed by atoms with Crippen molar-refractivity contribution in [2.24, 2.45) is 11.5 Å². The van der Waals surface area contributed by atoms with Crippen LogP contribution in [0.4, 0.5) is 5.69 Å². The molecule has 6 rings (SSSR count). The first-order valence-corrected chi connectivity index (χ1v) is 17.0. The number of benzene rings is 2. The molecule has 48 heavy (non-hydrogen) atoms. The van der Waals surface area contributed by atoms with E-state index in [0.29, 0.717) is 55.8 Å². The van der Waals surface area contributed by atoms with Gasteiger partial charge in [-0.1, -0.05) is 65.1 Å². The average molecular weight is 711 g/mol. The summed E-state index contributed by atoms with van der Waals surface area (Å²) in [6.07, 6.45) is 3.67. The second-order valence-electron chi connectivity index (χ2n) is 12.2. The molecule has 4 aromatic rings. The number of rotatable bonds is 11. The van der Waals surface area contributed by atoms with Gasteiger partial charge in [-0.3, -0.25) is 19.6 Å². The number of amides is 1. The second-order valence-corrected chi connectivity index (χ2v) is 13.4. The summed E-state index contributed by atoms with van der Waals surface area (Å²) in [6, 6.07) is 16.6. The van der Waals surface area contributed by atoms with E-state index in [0.717, 1.165) is 56.7 Å². The molecular weight excluding hydrogens is 673 g/mol. The SMILES string of the molecule is COc1nc(COc2cccc(-c3cccc(NC(=O)c4ccc(CN5CC[C@@H](N)C5)cn4)c3Cl)c2Cl)c(Cl)cc1CN1CC[C@@H](N)C1. The topological polar surface area (TPSA) is 132 Å². The number of likely N-dealkylation sites (tertiary alicyclic amines) is 2. The van der Waals surface area contributed by atoms with Crippen LogP contribution < -0.4 is 26.3 Å². The van der Waals surface area contributed by atoms with Crippen molar-refractivity contribution in [2.75, 3.05) is 38.6 Å². The number of halogens is 3. The molecule has 13 heteroatoms. The molecule has 0 radical (unpaired) electrons. The molecule has 2 saturated heterocycles. The molecule has 0 bridgehead atoms. The summed E-state index contributed by atoms with van der Waals surface area (Å²) >= 11 is 20.3. The van der Waals surface area contributed by atoms with Crippen LogP contribution in [0.3, 0.4) is 0 Å². The van der Waals surface area contributed by atoms with Crippen LogP contribution in [0, 0.1) is 0 Å². The molecule has 0 saturated carbocycles. The van der Waals surface area contributed by atoms with Crippen LogP contribution in [0.2, 0.25) is 15.1 Å². The first-order valence-electron chi connectivity index (χ1n) is 15.8. The van der Waals surface area contributed by atoms with Gasteiger partial charge < -0.3 is 26.3 Å². The number of hydrogen-bond acceptors (Lipinski definition) is 9. The van der Waals surface area contributed by atoms with Gasteiger partial charge in [0.1, 0.15) is 23.7 Å². The van der Waals surface area contributed by atoms with E-state index in [1.54, 1.807) is 37.6 Å². The number of pyridine rings is 2. The summed E-state index contributed by atoms with van der Waals surface area (Å²) in [6.45, 7) is 5.02. The van der Waals surface area contributed by atoms with Crippen LogP contribution in [-0.2, 0) is 19.7 Å². The van der Waals surface area contributed by atoms with Crippen molar-refractivity contribution in [3.63, 3.8) is 0 Å². The van der Waals surface area contributed by atoms with Crippen LogP contribution in [-0.4, -0.2) is 71.0 Å². The van der Waals surface area contributed by atoms with E-state index in [4.69, 9.17) is 55.7 Å². The second kappa shape index (κ2) is 15.4. The fourth-order valence-corrected chi connectivity index (χ4v) is 6.89. The van der Waals surface area contributed by atoms with E-state index < -0.39 is 0 Å². The molecule has 2 aromatic heterocycles. The molecule has 1 amide bonds. The number of nitrogens with zero attached hydrogens (tertiary/aromatic N) is 4. The Morgan fingerprint density at radius 3 is 2.27 bits per heavy atom. The fraction of sp³-hybridized carbons (Fsp3) is 0.343. The van der Waals surface area contributed by atoms with Crippen LogP contribution in [0.25, 0.3) is 11.1 Å². The lowest BCUT2D eigenvalue weighted by Gasteiger charge is -2.18. The lowest BCUT2D eigenvalue weighted by atomic mass is 10.0. The molecule has 5 N–H and O–H groups in total. The van der Waals surface area contributed by atoms with Crippen molar-refractivity contribution in [3.8, 4) is 22.8 Å². The van der Waals surface area contributed by atoms with Gasteiger partial charge in [0, 0.05) is 74.2 Å². The molecule has 2 fully saturated rings. The van der Waals surface area contributed by atoms with Crippen molar-refractivity contribution in [3.05, 3.63) is 98.4 Å². The maximum Gasteiger partial charge on any atom is 0.274 e. The van der Waals surface area contributed by atoms with E-state index in [1.807, 2.05) is 30.3 Å². The van der Waals surface area contributed by atoms with E-state index in [9.17, 15) is 4.79 Å². The fourth-order valence-electron chi connectivity index (χ4n) is 6.10.